The molecule has 0 aliphatic carbocycles. The summed E-state index contributed by atoms with van der Waals surface area (Å²) in [6.07, 6.45) is 2.33. The quantitative estimate of drug-likeness (QED) is 0.634. The third kappa shape index (κ3) is 5.36. The average molecular weight is 441 g/mol. The number of amides is 2. The van der Waals surface area contributed by atoms with E-state index in [0.29, 0.717) is 33.4 Å². The van der Waals surface area contributed by atoms with E-state index in [0.717, 1.165) is 17.0 Å². The van der Waals surface area contributed by atoms with Gasteiger partial charge in [-0.3, -0.25) is 14.3 Å². The van der Waals surface area contributed by atoms with Gasteiger partial charge in [-0.1, -0.05) is 18.5 Å². The van der Waals surface area contributed by atoms with Gasteiger partial charge in [-0.05, 0) is 25.8 Å². The van der Waals surface area contributed by atoms with Crippen molar-refractivity contribution in [1.29, 1.82) is 0 Å². The normalized spacial score (nSPS) is 10.7. The third-order valence-corrected chi connectivity index (χ3v) is 5.80. The van der Waals surface area contributed by atoms with Crippen LogP contribution in [0, 0.1) is 13.8 Å². The van der Waals surface area contributed by atoms with E-state index in [1.165, 1.54) is 11.1 Å². The zero-order valence-electron chi connectivity index (χ0n) is 17.2. The number of aromatic nitrogens is 2. The number of ether oxygens (including phenoxy) is 1. The van der Waals surface area contributed by atoms with Crippen molar-refractivity contribution in [3.63, 3.8) is 0 Å². The number of rotatable bonds is 8. The number of anilines is 1. The van der Waals surface area contributed by atoms with Gasteiger partial charge < -0.3 is 15.0 Å². The minimum Gasteiger partial charge on any atom is -0.462 e. The van der Waals surface area contributed by atoms with Gasteiger partial charge in [-0.2, -0.15) is 5.10 Å². The number of halogens is 1. The zero-order chi connectivity index (χ0) is 21.7. The summed E-state index contributed by atoms with van der Waals surface area (Å²) < 4.78 is 6.88. The molecule has 0 saturated heterocycles. The molecule has 29 heavy (non-hydrogen) atoms. The number of aryl methyl sites for hydroxylation is 1. The highest BCUT2D eigenvalue weighted by Crippen LogP contribution is 2.34. The topological polar surface area (TPSA) is 93.5 Å². The molecule has 0 bridgehead atoms. The Morgan fingerprint density at radius 1 is 1.31 bits per heavy atom. The predicted octanol–water partition coefficient (Wildman–Crippen LogP) is 3.51. The first kappa shape index (κ1) is 22.9. The van der Waals surface area contributed by atoms with E-state index in [-0.39, 0.29) is 30.4 Å². The van der Waals surface area contributed by atoms with Crippen molar-refractivity contribution in [2.45, 2.75) is 40.2 Å². The smallest absolute Gasteiger partial charge is 0.341 e. The average Bonchev–Trinajstić information content (AvgIpc) is 3.16. The van der Waals surface area contributed by atoms with Crippen LogP contribution in [0.2, 0.25) is 5.02 Å². The molecule has 0 fully saturated rings. The van der Waals surface area contributed by atoms with Gasteiger partial charge in [0, 0.05) is 20.5 Å². The monoisotopic (exact) mass is 440 g/mol. The van der Waals surface area contributed by atoms with Crippen molar-refractivity contribution in [1.82, 2.24) is 14.7 Å². The standard InChI is InChI=1S/C19H25ClN4O4S/c1-6-9-28-19(27)15-11(2)16(18(26)23(4)5)29-17(15)22-14(25)7-8-24-12(3)13(20)10-21-24/h10H,6-9H2,1-5H3,(H,22,25). The molecule has 8 nitrogen and oxygen atoms in total. The molecule has 2 aromatic rings. The molecule has 2 aromatic heterocycles. The number of thiophene rings is 1. The maximum atomic E-state index is 12.5. The van der Waals surface area contributed by atoms with E-state index in [2.05, 4.69) is 10.4 Å². The fraction of sp³-hybridized carbons (Fsp3) is 0.474. The predicted molar refractivity (Wildman–Crippen MR) is 113 cm³/mol. The first-order valence-corrected chi connectivity index (χ1v) is 10.4. The molecule has 2 rings (SSSR count). The van der Waals surface area contributed by atoms with Crippen molar-refractivity contribution in [2.24, 2.45) is 0 Å². The Morgan fingerprint density at radius 3 is 2.55 bits per heavy atom. The molecule has 0 unspecified atom stereocenters. The minimum absolute atomic E-state index is 0.135. The molecule has 2 amide bonds. The van der Waals surface area contributed by atoms with Crippen LogP contribution in [-0.2, 0) is 16.1 Å². The summed E-state index contributed by atoms with van der Waals surface area (Å²) in [5.74, 6) is -1.09. The minimum atomic E-state index is -0.552. The van der Waals surface area contributed by atoms with Crippen LogP contribution < -0.4 is 5.32 Å². The van der Waals surface area contributed by atoms with Gasteiger partial charge in [0.25, 0.3) is 5.91 Å². The van der Waals surface area contributed by atoms with Gasteiger partial charge in [0.15, 0.2) is 0 Å². The number of nitrogens with zero attached hydrogens (tertiary/aromatic N) is 3. The van der Waals surface area contributed by atoms with Crippen LogP contribution in [0.15, 0.2) is 6.20 Å². The van der Waals surface area contributed by atoms with Crippen LogP contribution in [0.1, 0.15) is 51.1 Å². The molecule has 0 atom stereocenters. The first-order valence-electron chi connectivity index (χ1n) is 9.17. The van der Waals surface area contributed by atoms with E-state index in [1.807, 2.05) is 13.8 Å². The summed E-state index contributed by atoms with van der Waals surface area (Å²) in [4.78, 5) is 39.3. The molecular formula is C19H25ClN4O4S. The molecule has 1 N–H and O–H groups in total. The number of hydrogen-bond donors (Lipinski definition) is 1. The zero-order valence-corrected chi connectivity index (χ0v) is 18.7. The molecular weight excluding hydrogens is 416 g/mol. The lowest BCUT2D eigenvalue weighted by Gasteiger charge is -2.09. The SMILES string of the molecule is CCCOC(=O)c1c(NC(=O)CCn2ncc(Cl)c2C)sc(C(=O)N(C)C)c1C. The Balaban J connectivity index is 2.23. The number of hydrogen-bond acceptors (Lipinski definition) is 6. The number of carbonyl (C=O) groups excluding carboxylic acids is 3. The Kier molecular flexibility index (Phi) is 7.80. The summed E-state index contributed by atoms with van der Waals surface area (Å²) in [6, 6.07) is 0. The molecule has 158 valence electrons. The molecule has 0 spiro atoms. The molecule has 0 aliphatic rings. The molecule has 2 heterocycles. The van der Waals surface area contributed by atoms with Gasteiger partial charge in [-0.15, -0.1) is 11.3 Å². The third-order valence-electron chi connectivity index (χ3n) is 4.24. The van der Waals surface area contributed by atoms with E-state index >= 15 is 0 Å². The maximum absolute atomic E-state index is 12.5. The van der Waals surface area contributed by atoms with Gasteiger partial charge in [0.1, 0.15) is 5.00 Å². The second-order valence-corrected chi connectivity index (χ2v) is 8.12. The van der Waals surface area contributed by atoms with Crippen LogP contribution in [0.25, 0.3) is 0 Å². The second-order valence-electron chi connectivity index (χ2n) is 6.70. The van der Waals surface area contributed by atoms with Crippen molar-refractivity contribution in [3.8, 4) is 0 Å². The second kappa shape index (κ2) is 9.89. The highest BCUT2D eigenvalue weighted by atomic mass is 35.5. The van der Waals surface area contributed by atoms with Crippen molar-refractivity contribution in [2.75, 3.05) is 26.0 Å². The van der Waals surface area contributed by atoms with Gasteiger partial charge in [0.05, 0.1) is 40.5 Å². The fourth-order valence-corrected chi connectivity index (χ4v) is 3.94. The molecule has 0 aliphatic heterocycles. The highest BCUT2D eigenvalue weighted by Gasteiger charge is 2.27. The van der Waals surface area contributed by atoms with Crippen LogP contribution >= 0.6 is 22.9 Å². The lowest BCUT2D eigenvalue weighted by molar-refractivity contribution is -0.116. The Morgan fingerprint density at radius 2 is 2.00 bits per heavy atom. The number of esters is 1. The summed E-state index contributed by atoms with van der Waals surface area (Å²) in [6.45, 7) is 5.99. The van der Waals surface area contributed by atoms with Crippen LogP contribution in [0.4, 0.5) is 5.00 Å². The summed E-state index contributed by atoms with van der Waals surface area (Å²) in [5, 5.41) is 7.72. The molecule has 10 heteroatoms. The number of carbonyl (C=O) groups is 3. The summed E-state index contributed by atoms with van der Waals surface area (Å²) in [5.41, 5.74) is 1.49. The van der Waals surface area contributed by atoms with Crippen molar-refractivity contribution < 1.29 is 19.1 Å². The van der Waals surface area contributed by atoms with E-state index in [1.54, 1.807) is 25.7 Å². The van der Waals surface area contributed by atoms with E-state index in [4.69, 9.17) is 16.3 Å². The van der Waals surface area contributed by atoms with Crippen molar-refractivity contribution >= 4 is 45.7 Å². The fourth-order valence-electron chi connectivity index (χ4n) is 2.57. The number of nitrogens with one attached hydrogen (secondary N) is 1. The largest absolute Gasteiger partial charge is 0.462 e. The molecule has 0 aromatic carbocycles. The molecule has 0 saturated carbocycles. The Bertz CT molecular complexity index is 920. The van der Waals surface area contributed by atoms with Crippen LogP contribution in [-0.4, -0.2) is 53.2 Å². The van der Waals surface area contributed by atoms with Gasteiger partial charge >= 0.3 is 5.97 Å². The Hall–Kier alpha value is -2.39. The summed E-state index contributed by atoms with van der Waals surface area (Å²) in [7, 11) is 3.26. The molecule has 0 radical (unpaired) electrons. The van der Waals surface area contributed by atoms with Gasteiger partial charge in [-0.25, -0.2) is 4.79 Å². The van der Waals surface area contributed by atoms with E-state index < -0.39 is 5.97 Å². The maximum Gasteiger partial charge on any atom is 0.341 e. The lowest BCUT2D eigenvalue weighted by Crippen LogP contribution is -2.21. The summed E-state index contributed by atoms with van der Waals surface area (Å²) >= 11 is 7.05. The lowest BCUT2D eigenvalue weighted by atomic mass is 10.1. The first-order chi connectivity index (χ1) is 13.7. The van der Waals surface area contributed by atoms with E-state index in [9.17, 15) is 14.4 Å². The van der Waals surface area contributed by atoms with Crippen molar-refractivity contribution in [3.05, 3.63) is 32.9 Å². The van der Waals surface area contributed by atoms with Crippen LogP contribution in [0.3, 0.4) is 0 Å². The highest BCUT2D eigenvalue weighted by molar-refractivity contribution is 7.18. The van der Waals surface area contributed by atoms with Crippen LogP contribution in [0.5, 0.6) is 0 Å². The Labute approximate surface area is 178 Å². The van der Waals surface area contributed by atoms with Gasteiger partial charge in [0.2, 0.25) is 5.91 Å².